The largest absolute Gasteiger partial charge is 0.461 e. The molecule has 0 saturated carbocycles. The van der Waals surface area contributed by atoms with Gasteiger partial charge in [-0.3, -0.25) is 0 Å². The molecule has 0 aliphatic heterocycles. The molecule has 0 atom stereocenters. The molecule has 0 unspecified atom stereocenters. The molecular formula is C13H22N2O4S. The van der Waals surface area contributed by atoms with Crippen molar-refractivity contribution in [3.8, 4) is 0 Å². The van der Waals surface area contributed by atoms with Crippen LogP contribution in [0.1, 0.15) is 30.3 Å². The average molecular weight is 302 g/mol. The van der Waals surface area contributed by atoms with Crippen LogP contribution in [0.2, 0.25) is 0 Å². The molecule has 7 heteroatoms. The van der Waals surface area contributed by atoms with Crippen LogP contribution >= 0.6 is 11.3 Å². The highest BCUT2D eigenvalue weighted by atomic mass is 32.1. The molecule has 0 radical (unpaired) electrons. The van der Waals surface area contributed by atoms with Crippen LogP contribution in [-0.2, 0) is 14.2 Å². The number of esters is 1. The van der Waals surface area contributed by atoms with E-state index in [0.717, 1.165) is 31.0 Å². The Bertz CT molecular complexity index is 384. The highest BCUT2D eigenvalue weighted by molar-refractivity contribution is 7.14. The zero-order chi connectivity index (χ0) is 14.6. The van der Waals surface area contributed by atoms with Gasteiger partial charge in [-0.1, -0.05) is 0 Å². The van der Waals surface area contributed by atoms with E-state index in [1.165, 1.54) is 11.3 Å². The lowest BCUT2D eigenvalue weighted by molar-refractivity contribution is 0.0521. The van der Waals surface area contributed by atoms with Gasteiger partial charge >= 0.3 is 5.97 Å². The Balaban J connectivity index is 2.16. The molecule has 0 bridgehead atoms. The van der Waals surface area contributed by atoms with Crippen molar-refractivity contribution >= 4 is 22.3 Å². The molecule has 0 saturated heterocycles. The molecule has 0 amide bonds. The summed E-state index contributed by atoms with van der Waals surface area (Å²) in [6, 6.07) is 0. The lowest BCUT2D eigenvalue weighted by atomic mass is 10.3. The molecule has 20 heavy (non-hydrogen) atoms. The number of ether oxygens (including phenoxy) is 3. The molecule has 114 valence electrons. The van der Waals surface area contributed by atoms with Gasteiger partial charge in [0, 0.05) is 20.3 Å². The van der Waals surface area contributed by atoms with E-state index in [1.54, 1.807) is 19.5 Å². The van der Waals surface area contributed by atoms with Crippen LogP contribution in [0.4, 0.5) is 5.00 Å². The van der Waals surface area contributed by atoms with Gasteiger partial charge < -0.3 is 19.5 Å². The summed E-state index contributed by atoms with van der Waals surface area (Å²) in [5.74, 6) is -0.376. The summed E-state index contributed by atoms with van der Waals surface area (Å²) in [6.07, 6.45) is 1.93. The smallest absolute Gasteiger partial charge is 0.360 e. The second-order valence-electron chi connectivity index (χ2n) is 3.99. The maximum atomic E-state index is 11.6. The first kappa shape index (κ1) is 16.9. The summed E-state index contributed by atoms with van der Waals surface area (Å²) in [5, 5.41) is 3.98. The van der Waals surface area contributed by atoms with E-state index in [2.05, 4.69) is 10.3 Å². The Hall–Kier alpha value is -1.18. The number of carbonyl (C=O) groups is 1. The zero-order valence-electron chi connectivity index (χ0n) is 12.0. The highest BCUT2D eigenvalue weighted by Crippen LogP contribution is 2.20. The summed E-state index contributed by atoms with van der Waals surface area (Å²) in [6.45, 7) is 4.89. The highest BCUT2D eigenvalue weighted by Gasteiger charge is 2.15. The fraction of sp³-hybridized carbons (Fsp3) is 0.692. The van der Waals surface area contributed by atoms with Crippen molar-refractivity contribution in [3.63, 3.8) is 0 Å². The fourth-order valence-electron chi connectivity index (χ4n) is 1.49. The number of nitrogens with zero attached hydrogens (tertiary/aromatic N) is 1. The fourth-order valence-corrected chi connectivity index (χ4v) is 2.19. The van der Waals surface area contributed by atoms with Crippen molar-refractivity contribution in [1.82, 2.24) is 4.98 Å². The molecule has 6 nitrogen and oxygen atoms in total. The molecule has 1 aromatic rings. The average Bonchev–Trinajstić information content (AvgIpc) is 2.90. The second kappa shape index (κ2) is 10.6. The minimum Gasteiger partial charge on any atom is -0.461 e. The van der Waals surface area contributed by atoms with Crippen molar-refractivity contribution in [2.24, 2.45) is 0 Å². The molecule has 1 rings (SSSR count). The van der Waals surface area contributed by atoms with Gasteiger partial charge in [0.15, 0.2) is 5.69 Å². The van der Waals surface area contributed by atoms with Gasteiger partial charge in [0.25, 0.3) is 0 Å². The van der Waals surface area contributed by atoms with Crippen LogP contribution in [0, 0.1) is 0 Å². The van der Waals surface area contributed by atoms with Crippen molar-refractivity contribution in [1.29, 1.82) is 0 Å². The van der Waals surface area contributed by atoms with Crippen LogP contribution in [0.3, 0.4) is 0 Å². The summed E-state index contributed by atoms with van der Waals surface area (Å²) in [5.41, 5.74) is 2.01. The molecule has 0 fully saturated rings. The van der Waals surface area contributed by atoms with Crippen LogP contribution < -0.4 is 5.32 Å². The predicted octanol–water partition coefficient (Wildman–Crippen LogP) is 2.17. The maximum Gasteiger partial charge on any atom is 0.360 e. The molecule has 0 aliphatic carbocycles. The quantitative estimate of drug-likeness (QED) is 0.499. The number of hydrogen-bond acceptors (Lipinski definition) is 7. The third-order valence-electron chi connectivity index (χ3n) is 2.47. The summed E-state index contributed by atoms with van der Waals surface area (Å²) in [4.78, 5) is 15.6. The number of methoxy groups -OCH3 is 1. The van der Waals surface area contributed by atoms with Gasteiger partial charge in [-0.15, -0.1) is 11.3 Å². The standard InChI is InChI=1S/C13H22N2O4S/c1-3-19-13(16)11-12(20-10-15-11)14-6-4-5-7-18-9-8-17-2/h10,14H,3-9H2,1-2H3. The van der Waals surface area contributed by atoms with Crippen molar-refractivity contribution in [2.45, 2.75) is 19.8 Å². The summed E-state index contributed by atoms with van der Waals surface area (Å²) in [7, 11) is 1.66. The first-order valence-electron chi connectivity index (χ1n) is 6.70. The normalized spacial score (nSPS) is 10.5. The van der Waals surface area contributed by atoms with Gasteiger partial charge in [0.1, 0.15) is 5.00 Å². The van der Waals surface area contributed by atoms with Gasteiger partial charge in [-0.25, -0.2) is 9.78 Å². The number of unbranched alkanes of at least 4 members (excludes halogenated alkanes) is 1. The molecule has 1 heterocycles. The number of carbonyl (C=O) groups excluding carboxylic acids is 1. The Kier molecular flexibility index (Phi) is 8.93. The first-order valence-corrected chi connectivity index (χ1v) is 7.58. The monoisotopic (exact) mass is 302 g/mol. The van der Waals surface area contributed by atoms with E-state index >= 15 is 0 Å². The number of thiazole rings is 1. The predicted molar refractivity (Wildman–Crippen MR) is 78.5 cm³/mol. The minimum absolute atomic E-state index is 0.356. The first-order chi connectivity index (χ1) is 9.79. The van der Waals surface area contributed by atoms with Crippen LogP contribution in [0.15, 0.2) is 5.51 Å². The third-order valence-corrected chi connectivity index (χ3v) is 3.25. The SMILES string of the molecule is CCOC(=O)c1ncsc1NCCCCOCCOC. The number of aromatic nitrogens is 1. The molecule has 0 spiro atoms. The van der Waals surface area contributed by atoms with E-state index < -0.39 is 0 Å². The molecule has 0 aromatic carbocycles. The number of anilines is 1. The lowest BCUT2D eigenvalue weighted by Gasteiger charge is -2.06. The third kappa shape index (κ3) is 6.31. The zero-order valence-corrected chi connectivity index (χ0v) is 12.8. The van der Waals surface area contributed by atoms with Crippen LogP contribution in [0.25, 0.3) is 0 Å². The molecule has 0 aliphatic rings. The molecular weight excluding hydrogens is 280 g/mol. The second-order valence-corrected chi connectivity index (χ2v) is 4.84. The lowest BCUT2D eigenvalue weighted by Crippen LogP contribution is -2.10. The van der Waals surface area contributed by atoms with Gasteiger partial charge in [-0.2, -0.15) is 0 Å². The minimum atomic E-state index is -0.376. The van der Waals surface area contributed by atoms with Crippen molar-refractivity contribution in [2.75, 3.05) is 45.4 Å². The Morgan fingerprint density at radius 3 is 2.95 bits per heavy atom. The van der Waals surface area contributed by atoms with Gasteiger partial charge in [-0.05, 0) is 19.8 Å². The number of nitrogens with one attached hydrogen (secondary N) is 1. The molecule has 1 N–H and O–H groups in total. The summed E-state index contributed by atoms with van der Waals surface area (Å²) < 4.78 is 15.2. The van der Waals surface area contributed by atoms with E-state index in [4.69, 9.17) is 14.2 Å². The summed E-state index contributed by atoms with van der Waals surface area (Å²) >= 11 is 1.41. The van der Waals surface area contributed by atoms with E-state index in [0.29, 0.717) is 25.5 Å². The van der Waals surface area contributed by atoms with Crippen molar-refractivity contribution in [3.05, 3.63) is 11.2 Å². The van der Waals surface area contributed by atoms with E-state index in [1.807, 2.05) is 0 Å². The maximum absolute atomic E-state index is 11.6. The Labute approximate surface area is 123 Å². The Morgan fingerprint density at radius 1 is 1.35 bits per heavy atom. The van der Waals surface area contributed by atoms with Crippen molar-refractivity contribution < 1.29 is 19.0 Å². The van der Waals surface area contributed by atoms with Crippen LogP contribution in [0.5, 0.6) is 0 Å². The van der Waals surface area contributed by atoms with Crippen LogP contribution in [-0.4, -0.2) is 51.0 Å². The topological polar surface area (TPSA) is 69.7 Å². The van der Waals surface area contributed by atoms with Gasteiger partial charge in [0.2, 0.25) is 0 Å². The van der Waals surface area contributed by atoms with E-state index in [9.17, 15) is 4.79 Å². The van der Waals surface area contributed by atoms with E-state index in [-0.39, 0.29) is 5.97 Å². The Morgan fingerprint density at radius 2 is 2.20 bits per heavy atom. The number of hydrogen-bond donors (Lipinski definition) is 1. The molecule has 1 aromatic heterocycles. The number of rotatable bonds is 11. The van der Waals surface area contributed by atoms with Gasteiger partial charge in [0.05, 0.1) is 25.3 Å².